The van der Waals surface area contributed by atoms with Gasteiger partial charge in [0.15, 0.2) is 0 Å². The predicted octanol–water partition coefficient (Wildman–Crippen LogP) is 4.56. The molecule has 0 bridgehead atoms. The van der Waals surface area contributed by atoms with Gasteiger partial charge in [0.25, 0.3) is 5.91 Å². The zero-order valence-electron chi connectivity index (χ0n) is 11.1. The summed E-state index contributed by atoms with van der Waals surface area (Å²) in [5, 5.41) is 12.5. The van der Waals surface area contributed by atoms with Gasteiger partial charge in [0.1, 0.15) is 5.54 Å². The molecule has 106 valence electrons. The molecular weight excluding hydrogens is 384 g/mol. The van der Waals surface area contributed by atoms with Crippen LogP contribution < -0.4 is 5.32 Å². The lowest BCUT2D eigenvalue weighted by atomic mass is 9.91. The fourth-order valence-electron chi connectivity index (χ4n) is 2.55. The molecule has 1 N–H and O–H groups in total. The monoisotopic (exact) mass is 398 g/mol. The molecule has 1 aromatic carbocycles. The second kappa shape index (κ2) is 6.73. The smallest absolute Gasteiger partial charge is 0.253 e. The standard InChI is InChI=1S/C15H16Br2N2O/c16-11-5-6-13(17)12(9-11)14(20)19-15(10-18)7-3-1-2-4-8-15/h5-6,9H,1-4,7-8H2,(H,19,20). The molecule has 3 nitrogen and oxygen atoms in total. The Morgan fingerprint density at radius 2 is 1.85 bits per heavy atom. The number of nitrogens with zero attached hydrogens (tertiary/aromatic N) is 1. The normalized spacial score (nSPS) is 17.9. The maximum Gasteiger partial charge on any atom is 0.253 e. The van der Waals surface area contributed by atoms with E-state index in [2.05, 4.69) is 43.2 Å². The van der Waals surface area contributed by atoms with Crippen molar-refractivity contribution in [2.75, 3.05) is 0 Å². The van der Waals surface area contributed by atoms with Crippen LogP contribution in [-0.2, 0) is 0 Å². The van der Waals surface area contributed by atoms with Gasteiger partial charge in [-0.05, 0) is 47.0 Å². The maximum absolute atomic E-state index is 12.4. The van der Waals surface area contributed by atoms with E-state index in [1.807, 2.05) is 12.1 Å². The SMILES string of the molecule is N#CC1(NC(=O)c2cc(Br)ccc2Br)CCCCCC1. The van der Waals surface area contributed by atoms with Gasteiger partial charge < -0.3 is 5.32 Å². The van der Waals surface area contributed by atoms with Crippen LogP contribution in [0.2, 0.25) is 0 Å². The third-order valence-electron chi connectivity index (χ3n) is 3.70. The van der Waals surface area contributed by atoms with Gasteiger partial charge in [0, 0.05) is 8.95 Å². The molecule has 0 spiro atoms. The zero-order valence-corrected chi connectivity index (χ0v) is 14.3. The number of carbonyl (C=O) groups excluding carboxylic acids is 1. The molecule has 0 radical (unpaired) electrons. The van der Waals surface area contributed by atoms with Crippen molar-refractivity contribution in [1.82, 2.24) is 5.32 Å². The molecule has 0 saturated heterocycles. The second-order valence-electron chi connectivity index (χ2n) is 5.19. The number of benzene rings is 1. The van der Waals surface area contributed by atoms with Crippen molar-refractivity contribution < 1.29 is 4.79 Å². The average Bonchev–Trinajstić information content (AvgIpc) is 2.67. The number of nitrogens with one attached hydrogen (secondary N) is 1. The van der Waals surface area contributed by atoms with E-state index in [-0.39, 0.29) is 5.91 Å². The lowest BCUT2D eigenvalue weighted by Crippen LogP contribution is -2.47. The van der Waals surface area contributed by atoms with Gasteiger partial charge in [-0.3, -0.25) is 4.79 Å². The summed E-state index contributed by atoms with van der Waals surface area (Å²) >= 11 is 6.75. The Bertz CT molecular complexity index is 543. The van der Waals surface area contributed by atoms with Crippen LogP contribution in [0.4, 0.5) is 0 Å². The van der Waals surface area contributed by atoms with E-state index >= 15 is 0 Å². The Kier molecular flexibility index (Phi) is 5.22. The second-order valence-corrected chi connectivity index (χ2v) is 6.96. The van der Waals surface area contributed by atoms with E-state index in [4.69, 9.17) is 0 Å². The van der Waals surface area contributed by atoms with Crippen LogP contribution in [-0.4, -0.2) is 11.4 Å². The number of amides is 1. The van der Waals surface area contributed by atoms with Crippen molar-refractivity contribution in [2.45, 2.75) is 44.1 Å². The fourth-order valence-corrected chi connectivity index (χ4v) is 3.34. The summed E-state index contributed by atoms with van der Waals surface area (Å²) in [6, 6.07) is 7.79. The highest BCUT2D eigenvalue weighted by Gasteiger charge is 2.33. The average molecular weight is 400 g/mol. The first-order chi connectivity index (χ1) is 9.56. The van der Waals surface area contributed by atoms with Crippen molar-refractivity contribution >= 4 is 37.8 Å². The minimum atomic E-state index is -0.713. The predicted molar refractivity (Wildman–Crippen MR) is 85.4 cm³/mol. The molecule has 1 aliphatic rings. The molecule has 1 fully saturated rings. The quantitative estimate of drug-likeness (QED) is 0.741. The number of rotatable bonds is 2. The number of hydrogen-bond donors (Lipinski definition) is 1. The molecule has 0 aromatic heterocycles. The van der Waals surface area contributed by atoms with E-state index < -0.39 is 5.54 Å². The zero-order chi connectivity index (χ0) is 14.6. The maximum atomic E-state index is 12.4. The summed E-state index contributed by atoms with van der Waals surface area (Å²) < 4.78 is 1.58. The third kappa shape index (κ3) is 3.62. The number of hydrogen-bond acceptors (Lipinski definition) is 2. The first kappa shape index (κ1) is 15.5. The first-order valence-electron chi connectivity index (χ1n) is 6.75. The molecule has 0 heterocycles. The molecule has 5 heteroatoms. The molecule has 1 saturated carbocycles. The van der Waals surface area contributed by atoms with Crippen molar-refractivity contribution in [2.24, 2.45) is 0 Å². The third-order valence-corrected chi connectivity index (χ3v) is 4.88. The minimum Gasteiger partial charge on any atom is -0.334 e. The van der Waals surface area contributed by atoms with Gasteiger partial charge in [0.05, 0.1) is 11.6 Å². The Hall–Kier alpha value is -0.860. The summed E-state index contributed by atoms with van der Waals surface area (Å²) in [4.78, 5) is 12.4. The van der Waals surface area contributed by atoms with Crippen molar-refractivity contribution in [3.05, 3.63) is 32.7 Å². The van der Waals surface area contributed by atoms with Crippen molar-refractivity contribution in [1.29, 1.82) is 5.26 Å². The van der Waals surface area contributed by atoms with Gasteiger partial charge in [-0.15, -0.1) is 0 Å². The number of carbonyl (C=O) groups is 1. The fraction of sp³-hybridized carbons (Fsp3) is 0.467. The van der Waals surface area contributed by atoms with Crippen LogP contribution in [0.5, 0.6) is 0 Å². The summed E-state index contributed by atoms with van der Waals surface area (Å²) in [5.74, 6) is -0.193. The van der Waals surface area contributed by atoms with E-state index in [0.29, 0.717) is 5.56 Å². The Labute approximate surface area is 136 Å². The summed E-state index contributed by atoms with van der Waals surface area (Å²) in [6.07, 6.45) is 5.74. The van der Waals surface area contributed by atoms with Gasteiger partial charge in [0.2, 0.25) is 0 Å². The highest BCUT2D eigenvalue weighted by atomic mass is 79.9. The number of nitriles is 1. The highest BCUT2D eigenvalue weighted by molar-refractivity contribution is 9.11. The Morgan fingerprint density at radius 3 is 2.45 bits per heavy atom. The van der Waals surface area contributed by atoms with Gasteiger partial charge in [-0.25, -0.2) is 0 Å². The van der Waals surface area contributed by atoms with E-state index in [9.17, 15) is 10.1 Å². The molecule has 0 aliphatic heterocycles. The molecule has 0 atom stereocenters. The molecular formula is C15H16Br2N2O. The summed E-state index contributed by atoms with van der Waals surface area (Å²) in [5.41, 5.74) is -0.159. The Balaban J connectivity index is 2.21. The molecule has 0 unspecified atom stereocenters. The molecule has 2 rings (SSSR count). The van der Waals surface area contributed by atoms with Crippen molar-refractivity contribution in [3.63, 3.8) is 0 Å². The lowest BCUT2D eigenvalue weighted by Gasteiger charge is -2.26. The van der Waals surface area contributed by atoms with Crippen LogP contribution in [0.25, 0.3) is 0 Å². The molecule has 20 heavy (non-hydrogen) atoms. The lowest BCUT2D eigenvalue weighted by molar-refractivity contribution is 0.0912. The minimum absolute atomic E-state index is 0.193. The van der Waals surface area contributed by atoms with Crippen LogP contribution in [0, 0.1) is 11.3 Å². The molecule has 1 aliphatic carbocycles. The summed E-state index contributed by atoms with van der Waals surface area (Å²) in [6.45, 7) is 0. The van der Waals surface area contributed by atoms with Crippen LogP contribution in [0.3, 0.4) is 0 Å². The molecule has 1 aromatic rings. The van der Waals surface area contributed by atoms with E-state index in [1.54, 1.807) is 6.07 Å². The van der Waals surface area contributed by atoms with Crippen LogP contribution in [0.15, 0.2) is 27.1 Å². The highest BCUT2D eigenvalue weighted by Crippen LogP contribution is 2.28. The number of halogens is 2. The van der Waals surface area contributed by atoms with Gasteiger partial charge >= 0.3 is 0 Å². The van der Waals surface area contributed by atoms with Crippen LogP contribution >= 0.6 is 31.9 Å². The van der Waals surface area contributed by atoms with E-state index in [1.165, 1.54) is 0 Å². The first-order valence-corrected chi connectivity index (χ1v) is 8.34. The van der Waals surface area contributed by atoms with Crippen molar-refractivity contribution in [3.8, 4) is 6.07 Å². The Morgan fingerprint density at radius 1 is 1.20 bits per heavy atom. The van der Waals surface area contributed by atoms with Crippen LogP contribution in [0.1, 0.15) is 48.9 Å². The molecule has 1 amide bonds. The largest absolute Gasteiger partial charge is 0.334 e. The summed E-state index contributed by atoms with van der Waals surface area (Å²) in [7, 11) is 0. The topological polar surface area (TPSA) is 52.9 Å². The van der Waals surface area contributed by atoms with Gasteiger partial charge in [-0.1, -0.05) is 41.6 Å². The van der Waals surface area contributed by atoms with Gasteiger partial charge in [-0.2, -0.15) is 5.26 Å². The van der Waals surface area contributed by atoms with E-state index in [0.717, 1.165) is 47.5 Å².